The zero-order valence-corrected chi connectivity index (χ0v) is 10.2. The molecule has 3 heteroatoms. The van der Waals surface area contributed by atoms with E-state index in [0.717, 1.165) is 13.0 Å². The van der Waals surface area contributed by atoms with Crippen molar-refractivity contribution in [2.24, 2.45) is 0 Å². The van der Waals surface area contributed by atoms with Crippen LogP contribution in [0.1, 0.15) is 51.9 Å². The molecule has 92 valence electrons. The Morgan fingerprint density at radius 1 is 1.56 bits per heavy atom. The predicted octanol–water partition coefficient (Wildman–Crippen LogP) is 2.15. The number of carbonyl (C=O) groups is 1. The maximum Gasteiger partial charge on any atom is 0.220 e. The molecule has 2 N–H and O–H groups in total. The Hall–Kier alpha value is -0.830. The summed E-state index contributed by atoms with van der Waals surface area (Å²) in [5.41, 5.74) is 1.49. The fraction of sp³-hybridized carbons (Fsp3) is 0.769. The second-order valence-corrected chi connectivity index (χ2v) is 4.60. The Kier molecular flexibility index (Phi) is 6.16. The van der Waals surface area contributed by atoms with Gasteiger partial charge in [0.15, 0.2) is 0 Å². The number of aliphatic hydroxyl groups is 1. The molecule has 0 spiro atoms. The molecule has 0 bridgehead atoms. The van der Waals surface area contributed by atoms with Gasteiger partial charge in [0.25, 0.3) is 0 Å². The van der Waals surface area contributed by atoms with E-state index in [9.17, 15) is 4.79 Å². The molecule has 0 aliphatic heterocycles. The van der Waals surface area contributed by atoms with E-state index in [0.29, 0.717) is 12.8 Å². The summed E-state index contributed by atoms with van der Waals surface area (Å²) < 4.78 is 0. The van der Waals surface area contributed by atoms with E-state index in [4.69, 9.17) is 5.11 Å². The first kappa shape index (κ1) is 13.2. The second-order valence-electron chi connectivity index (χ2n) is 4.60. The van der Waals surface area contributed by atoms with Crippen molar-refractivity contribution in [2.75, 3.05) is 6.54 Å². The van der Waals surface area contributed by atoms with Gasteiger partial charge in [-0.05, 0) is 45.4 Å². The van der Waals surface area contributed by atoms with Gasteiger partial charge < -0.3 is 10.4 Å². The summed E-state index contributed by atoms with van der Waals surface area (Å²) >= 11 is 0. The number of hydrogen-bond acceptors (Lipinski definition) is 2. The third-order valence-electron chi connectivity index (χ3n) is 2.94. The molecule has 0 fully saturated rings. The quantitative estimate of drug-likeness (QED) is 0.680. The van der Waals surface area contributed by atoms with Crippen LogP contribution in [0.5, 0.6) is 0 Å². The molecule has 0 saturated carbocycles. The molecular weight excluding hydrogens is 202 g/mol. The van der Waals surface area contributed by atoms with Crippen LogP contribution in [-0.4, -0.2) is 23.7 Å². The van der Waals surface area contributed by atoms with E-state index in [2.05, 4.69) is 11.4 Å². The minimum absolute atomic E-state index is 0.0531. The minimum Gasteiger partial charge on any atom is -0.393 e. The smallest absolute Gasteiger partial charge is 0.220 e. The summed E-state index contributed by atoms with van der Waals surface area (Å²) in [5.74, 6) is 0.0531. The van der Waals surface area contributed by atoms with Crippen molar-refractivity contribution in [1.29, 1.82) is 0 Å². The van der Waals surface area contributed by atoms with Crippen molar-refractivity contribution in [1.82, 2.24) is 5.32 Å². The molecule has 1 aliphatic carbocycles. The van der Waals surface area contributed by atoms with Crippen molar-refractivity contribution in [3.63, 3.8) is 0 Å². The maximum atomic E-state index is 11.3. The molecule has 0 saturated heterocycles. The van der Waals surface area contributed by atoms with Crippen molar-refractivity contribution in [3.05, 3.63) is 11.6 Å². The average Bonchev–Trinajstić information content (AvgIpc) is 2.28. The maximum absolute atomic E-state index is 11.3. The Morgan fingerprint density at radius 2 is 2.38 bits per heavy atom. The van der Waals surface area contributed by atoms with Crippen LogP contribution < -0.4 is 5.32 Å². The van der Waals surface area contributed by atoms with Crippen molar-refractivity contribution < 1.29 is 9.90 Å². The van der Waals surface area contributed by atoms with Gasteiger partial charge in [0, 0.05) is 13.0 Å². The summed E-state index contributed by atoms with van der Waals surface area (Å²) in [4.78, 5) is 11.3. The summed E-state index contributed by atoms with van der Waals surface area (Å²) in [6.45, 7) is 2.45. The van der Waals surface area contributed by atoms with E-state index in [1.807, 2.05) is 0 Å². The zero-order valence-electron chi connectivity index (χ0n) is 10.2. The van der Waals surface area contributed by atoms with E-state index in [1.165, 1.54) is 31.3 Å². The van der Waals surface area contributed by atoms with Gasteiger partial charge in [-0.15, -0.1) is 0 Å². The summed E-state index contributed by atoms with van der Waals surface area (Å²) in [6.07, 6.45) is 8.89. The first-order valence-corrected chi connectivity index (χ1v) is 6.31. The first-order chi connectivity index (χ1) is 7.68. The molecule has 1 amide bonds. The van der Waals surface area contributed by atoms with Crippen LogP contribution in [0.15, 0.2) is 11.6 Å². The molecule has 0 radical (unpaired) electrons. The summed E-state index contributed by atoms with van der Waals surface area (Å²) in [6, 6.07) is 0. The van der Waals surface area contributed by atoms with Gasteiger partial charge in [0.05, 0.1) is 6.10 Å². The van der Waals surface area contributed by atoms with Gasteiger partial charge in [-0.1, -0.05) is 11.6 Å². The number of amides is 1. The fourth-order valence-corrected chi connectivity index (χ4v) is 1.92. The molecule has 1 unspecified atom stereocenters. The van der Waals surface area contributed by atoms with Gasteiger partial charge >= 0.3 is 0 Å². The van der Waals surface area contributed by atoms with Crippen LogP contribution >= 0.6 is 0 Å². The first-order valence-electron chi connectivity index (χ1n) is 6.31. The lowest BCUT2D eigenvalue weighted by atomic mass is 9.97. The highest BCUT2D eigenvalue weighted by Crippen LogP contribution is 2.19. The molecule has 0 aromatic rings. The highest BCUT2D eigenvalue weighted by molar-refractivity contribution is 5.75. The Morgan fingerprint density at radius 3 is 3.00 bits per heavy atom. The van der Waals surface area contributed by atoms with Crippen molar-refractivity contribution in [3.8, 4) is 0 Å². The van der Waals surface area contributed by atoms with Crippen LogP contribution in [0.3, 0.4) is 0 Å². The molecule has 16 heavy (non-hydrogen) atoms. The highest BCUT2D eigenvalue weighted by atomic mass is 16.3. The lowest BCUT2D eigenvalue weighted by Crippen LogP contribution is -2.25. The number of rotatable bonds is 6. The Bertz CT molecular complexity index is 246. The molecule has 0 aromatic heterocycles. The predicted molar refractivity (Wildman–Crippen MR) is 65.1 cm³/mol. The van der Waals surface area contributed by atoms with Gasteiger partial charge in [-0.2, -0.15) is 0 Å². The van der Waals surface area contributed by atoms with Crippen LogP contribution in [-0.2, 0) is 4.79 Å². The number of allylic oxidation sites excluding steroid dienone is 1. The monoisotopic (exact) mass is 225 g/mol. The third kappa shape index (κ3) is 5.91. The number of nitrogens with one attached hydrogen (secondary N) is 1. The molecule has 0 aromatic carbocycles. The van der Waals surface area contributed by atoms with Gasteiger partial charge in [0.2, 0.25) is 5.91 Å². The van der Waals surface area contributed by atoms with Gasteiger partial charge in [-0.3, -0.25) is 4.79 Å². The van der Waals surface area contributed by atoms with Crippen LogP contribution in [0.4, 0.5) is 0 Å². The lowest BCUT2D eigenvalue weighted by molar-refractivity contribution is -0.121. The average molecular weight is 225 g/mol. The van der Waals surface area contributed by atoms with Gasteiger partial charge in [-0.25, -0.2) is 0 Å². The number of carbonyl (C=O) groups excluding carboxylic acids is 1. The topological polar surface area (TPSA) is 49.3 Å². The van der Waals surface area contributed by atoms with E-state index in [1.54, 1.807) is 6.92 Å². The normalized spacial score (nSPS) is 17.8. The Balaban J connectivity index is 2.05. The van der Waals surface area contributed by atoms with Gasteiger partial charge in [0.1, 0.15) is 0 Å². The van der Waals surface area contributed by atoms with Crippen LogP contribution in [0.25, 0.3) is 0 Å². The lowest BCUT2D eigenvalue weighted by Gasteiger charge is -2.13. The zero-order chi connectivity index (χ0) is 11.8. The van der Waals surface area contributed by atoms with Crippen LogP contribution in [0.2, 0.25) is 0 Å². The third-order valence-corrected chi connectivity index (χ3v) is 2.94. The van der Waals surface area contributed by atoms with E-state index < -0.39 is 0 Å². The van der Waals surface area contributed by atoms with Crippen molar-refractivity contribution >= 4 is 5.91 Å². The van der Waals surface area contributed by atoms with Crippen molar-refractivity contribution in [2.45, 2.75) is 58.0 Å². The fourth-order valence-electron chi connectivity index (χ4n) is 1.92. The molecular formula is C13H23NO2. The largest absolute Gasteiger partial charge is 0.393 e. The summed E-state index contributed by atoms with van der Waals surface area (Å²) in [5, 5.41) is 11.9. The van der Waals surface area contributed by atoms with Crippen LogP contribution in [0, 0.1) is 0 Å². The highest BCUT2D eigenvalue weighted by Gasteiger charge is 2.06. The number of aliphatic hydroxyl groups excluding tert-OH is 1. The second kappa shape index (κ2) is 7.44. The Labute approximate surface area is 97.9 Å². The van der Waals surface area contributed by atoms with E-state index >= 15 is 0 Å². The molecule has 0 heterocycles. The minimum atomic E-state index is -0.383. The summed E-state index contributed by atoms with van der Waals surface area (Å²) in [7, 11) is 0. The molecule has 3 nitrogen and oxygen atoms in total. The van der Waals surface area contributed by atoms with E-state index in [-0.39, 0.29) is 12.0 Å². The standard InChI is InChI=1S/C13H23NO2/c1-11(15)7-8-13(16)14-10-9-12-5-3-2-4-6-12/h5,11,15H,2-4,6-10H2,1H3,(H,14,16). The molecule has 1 rings (SSSR count). The number of hydrogen-bond donors (Lipinski definition) is 2. The molecule has 1 aliphatic rings. The molecule has 1 atom stereocenters. The SMILES string of the molecule is CC(O)CCC(=O)NCCC1=CCCCC1.